The lowest BCUT2D eigenvalue weighted by Gasteiger charge is -2.21. The molecule has 5 aromatic rings. The molecule has 1 amide bonds. The summed E-state index contributed by atoms with van der Waals surface area (Å²) in [6, 6.07) is 18.2. The van der Waals surface area contributed by atoms with Crippen LogP contribution >= 0.6 is 0 Å². The van der Waals surface area contributed by atoms with E-state index >= 15 is 0 Å². The van der Waals surface area contributed by atoms with E-state index < -0.39 is 11.9 Å². The van der Waals surface area contributed by atoms with Crippen LogP contribution in [-0.2, 0) is 0 Å². The minimum atomic E-state index is -0.507. The fourth-order valence-corrected chi connectivity index (χ4v) is 4.14. The van der Waals surface area contributed by atoms with Crippen LogP contribution in [0.5, 0.6) is 0 Å². The van der Waals surface area contributed by atoms with Crippen molar-refractivity contribution in [2.24, 2.45) is 0 Å². The van der Waals surface area contributed by atoms with Crippen molar-refractivity contribution >= 4 is 28.1 Å². The maximum absolute atomic E-state index is 13.6. The minimum Gasteiger partial charge on any atom is -0.381 e. The van der Waals surface area contributed by atoms with Gasteiger partial charge in [-0.2, -0.15) is 0 Å². The fraction of sp³-hybridized carbons (Fsp3) is 0.120. The molecule has 2 aromatic carbocycles. The number of benzene rings is 2. The van der Waals surface area contributed by atoms with Crippen LogP contribution in [0.25, 0.3) is 22.1 Å². The smallest absolute Gasteiger partial charge is 0.263 e. The average molecular weight is 438 g/mol. The number of aromatic nitrogens is 4. The summed E-state index contributed by atoms with van der Waals surface area (Å²) < 4.78 is 3.11. The second-order valence-corrected chi connectivity index (χ2v) is 7.92. The number of nitrogens with one attached hydrogen (secondary N) is 1. The number of fused-ring (bicyclic) bond motifs is 2. The molecular weight excluding hydrogens is 416 g/mol. The van der Waals surface area contributed by atoms with Crippen molar-refractivity contribution in [1.82, 2.24) is 24.5 Å². The van der Waals surface area contributed by atoms with Gasteiger partial charge in [-0.25, -0.2) is 9.50 Å². The van der Waals surface area contributed by atoms with Crippen LogP contribution in [-0.4, -0.2) is 25.1 Å². The Morgan fingerprint density at radius 2 is 1.85 bits per heavy atom. The molecule has 0 radical (unpaired) electrons. The summed E-state index contributed by atoms with van der Waals surface area (Å²) in [5.74, 6) is -0.321. The number of nitrogen functional groups attached to an aromatic ring is 1. The zero-order valence-electron chi connectivity index (χ0n) is 18.2. The van der Waals surface area contributed by atoms with Crippen molar-refractivity contribution in [1.29, 1.82) is 0 Å². The van der Waals surface area contributed by atoms with E-state index in [2.05, 4.69) is 15.4 Å². The zero-order valence-corrected chi connectivity index (χ0v) is 18.2. The van der Waals surface area contributed by atoms with Crippen LogP contribution in [0.1, 0.15) is 34.6 Å². The molecule has 0 bridgehead atoms. The van der Waals surface area contributed by atoms with Gasteiger partial charge in [0, 0.05) is 29.2 Å². The lowest BCUT2D eigenvalue weighted by atomic mass is 10.0. The van der Waals surface area contributed by atoms with Crippen molar-refractivity contribution in [3.8, 4) is 5.69 Å². The number of hydrogen-bond acceptors (Lipinski definition) is 5. The van der Waals surface area contributed by atoms with Crippen molar-refractivity contribution in [3.05, 3.63) is 100 Å². The molecule has 164 valence electrons. The minimum absolute atomic E-state index is 0.0909. The van der Waals surface area contributed by atoms with Gasteiger partial charge in [0.25, 0.3) is 11.5 Å². The third-order valence-corrected chi connectivity index (χ3v) is 5.76. The molecule has 0 saturated carbocycles. The SMILES string of the molecule is Cc1cccc2c(=O)n(-c3ccccc3)c([C@H](C)NC(=O)c3c(N)nn4cccnc34)cc12. The quantitative estimate of drug-likeness (QED) is 0.447. The fourth-order valence-electron chi connectivity index (χ4n) is 4.14. The normalized spacial score (nSPS) is 12.2. The molecule has 0 unspecified atom stereocenters. The Labute approximate surface area is 189 Å². The molecule has 3 N–H and O–H groups in total. The van der Waals surface area contributed by atoms with Crippen molar-refractivity contribution in [3.63, 3.8) is 0 Å². The zero-order chi connectivity index (χ0) is 23.1. The molecule has 3 aromatic heterocycles. The van der Waals surface area contributed by atoms with E-state index in [0.717, 1.165) is 16.6 Å². The highest BCUT2D eigenvalue weighted by molar-refractivity contribution is 6.04. The largest absolute Gasteiger partial charge is 0.381 e. The predicted octanol–water partition coefficient (Wildman–Crippen LogP) is 3.42. The summed E-state index contributed by atoms with van der Waals surface area (Å²) in [6.45, 7) is 3.80. The summed E-state index contributed by atoms with van der Waals surface area (Å²) in [5.41, 5.74) is 8.81. The number of para-hydroxylation sites is 1. The summed E-state index contributed by atoms with van der Waals surface area (Å²) in [5, 5.41) is 8.62. The maximum atomic E-state index is 13.6. The number of carbonyl (C=O) groups excluding carboxylic acids is 1. The van der Waals surface area contributed by atoms with E-state index in [1.807, 2.05) is 68.4 Å². The van der Waals surface area contributed by atoms with Crippen molar-refractivity contribution in [2.45, 2.75) is 19.9 Å². The van der Waals surface area contributed by atoms with E-state index in [0.29, 0.717) is 16.7 Å². The first kappa shape index (κ1) is 20.4. The molecule has 8 nitrogen and oxygen atoms in total. The van der Waals surface area contributed by atoms with Gasteiger partial charge < -0.3 is 11.1 Å². The number of carbonyl (C=O) groups is 1. The molecule has 0 fully saturated rings. The highest BCUT2D eigenvalue weighted by Gasteiger charge is 2.23. The van der Waals surface area contributed by atoms with Gasteiger partial charge in [-0.05, 0) is 55.1 Å². The van der Waals surface area contributed by atoms with E-state index in [9.17, 15) is 9.59 Å². The standard InChI is InChI=1S/C25H22N6O2/c1-15-8-6-11-18-19(15)14-20(31(25(18)33)17-9-4-3-5-10-17)16(2)28-24(32)21-22(26)29-30-13-7-12-27-23(21)30/h3-14,16H,1-2H3,(H2,26,29)(H,28,32)/t16-/m0/s1. The van der Waals surface area contributed by atoms with Gasteiger partial charge >= 0.3 is 0 Å². The second-order valence-electron chi connectivity index (χ2n) is 7.92. The van der Waals surface area contributed by atoms with Crippen molar-refractivity contribution < 1.29 is 4.79 Å². The first-order chi connectivity index (χ1) is 16.0. The Morgan fingerprint density at radius 1 is 1.06 bits per heavy atom. The molecule has 33 heavy (non-hydrogen) atoms. The first-order valence-corrected chi connectivity index (χ1v) is 10.6. The van der Waals surface area contributed by atoms with Crippen LogP contribution in [0.2, 0.25) is 0 Å². The molecule has 0 spiro atoms. The van der Waals surface area contributed by atoms with Gasteiger partial charge in [0.2, 0.25) is 0 Å². The molecular formula is C25H22N6O2. The highest BCUT2D eigenvalue weighted by Crippen LogP contribution is 2.24. The second kappa shape index (κ2) is 7.90. The van der Waals surface area contributed by atoms with Gasteiger partial charge in [-0.3, -0.25) is 14.2 Å². The molecule has 0 aliphatic heterocycles. The van der Waals surface area contributed by atoms with Gasteiger partial charge in [0.15, 0.2) is 11.5 Å². The maximum Gasteiger partial charge on any atom is 0.263 e. The van der Waals surface area contributed by atoms with Gasteiger partial charge in [-0.1, -0.05) is 30.3 Å². The monoisotopic (exact) mass is 438 g/mol. The summed E-state index contributed by atoms with van der Waals surface area (Å²) in [6.07, 6.45) is 3.26. The Kier molecular flexibility index (Phi) is 4.90. The number of pyridine rings is 1. The van der Waals surface area contributed by atoms with E-state index in [4.69, 9.17) is 5.73 Å². The number of aryl methyl sites for hydroxylation is 1. The third kappa shape index (κ3) is 3.41. The first-order valence-electron chi connectivity index (χ1n) is 10.6. The van der Waals surface area contributed by atoms with Gasteiger partial charge in [-0.15, -0.1) is 5.10 Å². The number of anilines is 1. The lowest BCUT2D eigenvalue weighted by molar-refractivity contribution is 0.0941. The van der Waals surface area contributed by atoms with E-state index in [1.54, 1.807) is 23.0 Å². The van der Waals surface area contributed by atoms with Gasteiger partial charge in [0.05, 0.1) is 6.04 Å². The Hall–Kier alpha value is -4.46. The number of amides is 1. The van der Waals surface area contributed by atoms with Crippen LogP contribution < -0.4 is 16.6 Å². The molecule has 3 heterocycles. The molecule has 0 aliphatic carbocycles. The predicted molar refractivity (Wildman–Crippen MR) is 128 cm³/mol. The number of rotatable bonds is 4. The Balaban J connectivity index is 1.64. The average Bonchev–Trinajstić information content (AvgIpc) is 3.15. The lowest BCUT2D eigenvalue weighted by Crippen LogP contribution is -2.32. The summed E-state index contributed by atoms with van der Waals surface area (Å²) in [7, 11) is 0. The van der Waals surface area contributed by atoms with Gasteiger partial charge in [0.1, 0.15) is 5.56 Å². The third-order valence-electron chi connectivity index (χ3n) is 5.76. The van der Waals surface area contributed by atoms with Crippen LogP contribution in [0.15, 0.2) is 77.9 Å². The molecule has 5 rings (SSSR count). The Morgan fingerprint density at radius 3 is 2.64 bits per heavy atom. The van der Waals surface area contributed by atoms with Crippen LogP contribution in [0, 0.1) is 6.92 Å². The van der Waals surface area contributed by atoms with E-state index in [-0.39, 0.29) is 16.9 Å². The van der Waals surface area contributed by atoms with Crippen LogP contribution in [0.3, 0.4) is 0 Å². The van der Waals surface area contributed by atoms with Crippen LogP contribution in [0.4, 0.5) is 5.82 Å². The molecule has 0 saturated heterocycles. The molecule has 0 aliphatic rings. The molecule has 8 heteroatoms. The van der Waals surface area contributed by atoms with E-state index in [1.165, 1.54) is 4.52 Å². The number of hydrogen-bond donors (Lipinski definition) is 2. The number of nitrogens with two attached hydrogens (primary N) is 1. The molecule has 1 atom stereocenters. The Bertz CT molecular complexity index is 1570. The highest BCUT2D eigenvalue weighted by atomic mass is 16.2. The topological polar surface area (TPSA) is 107 Å². The summed E-state index contributed by atoms with van der Waals surface area (Å²) in [4.78, 5) is 31.0. The number of nitrogens with zero attached hydrogens (tertiary/aromatic N) is 4. The van der Waals surface area contributed by atoms with Crippen molar-refractivity contribution in [2.75, 3.05) is 5.73 Å². The summed E-state index contributed by atoms with van der Waals surface area (Å²) >= 11 is 0.